The second-order valence-electron chi connectivity index (χ2n) is 10.5. The van der Waals surface area contributed by atoms with Crippen LogP contribution in [0, 0.1) is 6.92 Å². The predicted molar refractivity (Wildman–Crippen MR) is 151 cm³/mol. The van der Waals surface area contributed by atoms with E-state index in [0.29, 0.717) is 52.4 Å². The molecule has 3 aromatic carbocycles. The van der Waals surface area contributed by atoms with Gasteiger partial charge in [0.15, 0.2) is 11.5 Å². The van der Waals surface area contributed by atoms with E-state index in [1.165, 1.54) is 0 Å². The first-order valence-corrected chi connectivity index (χ1v) is 12.6. The molecule has 0 radical (unpaired) electrons. The van der Waals surface area contributed by atoms with E-state index in [2.05, 4.69) is 6.07 Å². The van der Waals surface area contributed by atoms with E-state index < -0.39 is 5.60 Å². The van der Waals surface area contributed by atoms with Crippen molar-refractivity contribution in [2.75, 3.05) is 7.11 Å². The molecule has 5 rings (SSSR count). The highest BCUT2D eigenvalue weighted by Crippen LogP contribution is 2.43. The minimum Gasteiger partial charge on any atom is -0.506 e. The fourth-order valence-corrected chi connectivity index (χ4v) is 4.82. The number of aromatic hydroxyl groups is 1. The van der Waals surface area contributed by atoms with Crippen molar-refractivity contribution >= 4 is 28.0 Å². The molecule has 2 heterocycles. The van der Waals surface area contributed by atoms with Gasteiger partial charge in [0.05, 0.1) is 18.1 Å². The summed E-state index contributed by atoms with van der Waals surface area (Å²) < 4.78 is 24.4. The van der Waals surface area contributed by atoms with Crippen molar-refractivity contribution in [2.24, 2.45) is 0 Å². The molecule has 6 heteroatoms. The van der Waals surface area contributed by atoms with Crippen LogP contribution in [0.15, 0.2) is 63.3 Å². The first-order valence-electron chi connectivity index (χ1n) is 12.6. The molecule has 0 spiro atoms. The molecule has 6 nitrogen and oxygen atoms in total. The molecule has 1 N–H and O–H groups in total. The topological polar surface area (TPSA) is 78.1 Å². The van der Waals surface area contributed by atoms with Gasteiger partial charge in [-0.25, -0.2) is 0 Å². The number of hydrogen-bond acceptors (Lipinski definition) is 6. The van der Waals surface area contributed by atoms with Crippen LogP contribution in [0.1, 0.15) is 49.9 Å². The number of methoxy groups -OCH3 is 1. The van der Waals surface area contributed by atoms with Crippen LogP contribution in [0.5, 0.6) is 23.0 Å². The molecule has 38 heavy (non-hydrogen) atoms. The molecular formula is C32H32O6. The number of allylic oxidation sites excluding steroid dienone is 2. The molecule has 0 aliphatic carbocycles. The molecule has 0 saturated carbocycles. The van der Waals surface area contributed by atoms with E-state index in [0.717, 1.165) is 16.7 Å². The Labute approximate surface area is 221 Å². The molecule has 1 aliphatic rings. The van der Waals surface area contributed by atoms with E-state index in [9.17, 15) is 9.90 Å². The molecule has 0 fully saturated rings. The third-order valence-electron chi connectivity index (χ3n) is 6.67. The molecule has 0 saturated heterocycles. The third kappa shape index (κ3) is 4.62. The minimum absolute atomic E-state index is 0.109. The lowest BCUT2D eigenvalue weighted by Gasteiger charge is -2.28. The Bertz CT molecular complexity index is 1680. The molecule has 4 aromatic rings. The van der Waals surface area contributed by atoms with Crippen LogP contribution in [0.25, 0.3) is 28.0 Å². The van der Waals surface area contributed by atoms with Gasteiger partial charge >= 0.3 is 0 Å². The second-order valence-corrected chi connectivity index (χ2v) is 10.5. The molecule has 0 unspecified atom stereocenters. The van der Waals surface area contributed by atoms with Crippen molar-refractivity contribution in [1.82, 2.24) is 0 Å². The Morgan fingerprint density at radius 3 is 2.58 bits per heavy atom. The van der Waals surface area contributed by atoms with Gasteiger partial charge < -0.3 is 23.7 Å². The minimum atomic E-state index is -0.550. The molecular weight excluding hydrogens is 480 g/mol. The molecule has 0 bridgehead atoms. The maximum Gasteiger partial charge on any atom is 0.204 e. The van der Waals surface area contributed by atoms with Crippen LogP contribution in [-0.2, 0) is 13.0 Å². The average Bonchev–Trinajstić information content (AvgIpc) is 2.84. The van der Waals surface area contributed by atoms with Gasteiger partial charge in [0.1, 0.15) is 40.3 Å². The molecule has 196 valence electrons. The lowest BCUT2D eigenvalue weighted by Crippen LogP contribution is -2.27. The highest BCUT2D eigenvalue weighted by atomic mass is 16.5. The monoisotopic (exact) mass is 512 g/mol. The quantitative estimate of drug-likeness (QED) is 0.217. The van der Waals surface area contributed by atoms with Crippen LogP contribution in [0.4, 0.5) is 0 Å². The zero-order valence-electron chi connectivity index (χ0n) is 22.6. The number of aryl methyl sites for hydroxylation is 1. The summed E-state index contributed by atoms with van der Waals surface area (Å²) in [5.74, 6) is 1.24. The third-order valence-corrected chi connectivity index (χ3v) is 6.67. The van der Waals surface area contributed by atoms with Crippen molar-refractivity contribution in [1.29, 1.82) is 0 Å². The number of fused-ring (bicyclic) bond motifs is 3. The fourth-order valence-electron chi connectivity index (χ4n) is 4.82. The van der Waals surface area contributed by atoms with Gasteiger partial charge in [-0.3, -0.25) is 4.79 Å². The van der Waals surface area contributed by atoms with E-state index in [1.807, 2.05) is 65.0 Å². The molecule has 0 amide bonds. The van der Waals surface area contributed by atoms with Crippen molar-refractivity contribution in [2.45, 2.75) is 53.2 Å². The van der Waals surface area contributed by atoms with Crippen LogP contribution in [-0.4, -0.2) is 17.8 Å². The summed E-state index contributed by atoms with van der Waals surface area (Å²) in [7, 11) is 1.56. The first-order chi connectivity index (χ1) is 18.1. The van der Waals surface area contributed by atoms with Crippen LogP contribution >= 0.6 is 0 Å². The van der Waals surface area contributed by atoms with Crippen molar-refractivity contribution in [3.8, 4) is 23.0 Å². The summed E-state index contributed by atoms with van der Waals surface area (Å²) in [6, 6.07) is 11.4. The zero-order valence-corrected chi connectivity index (χ0v) is 22.6. The van der Waals surface area contributed by atoms with E-state index >= 15 is 0 Å². The summed E-state index contributed by atoms with van der Waals surface area (Å²) in [6.45, 7) is 10.2. The second kappa shape index (κ2) is 9.60. The SMILES string of the molecule is COc1c(OCc2cccc(C)c2)cc2oc3cc4c(c(O)c3c(=O)c2c1CC=C(C)C)C=CC(C)(C)O4. The molecule has 1 aromatic heterocycles. The van der Waals surface area contributed by atoms with Gasteiger partial charge in [-0.1, -0.05) is 41.5 Å². The first kappa shape index (κ1) is 25.5. The van der Waals surface area contributed by atoms with Crippen molar-refractivity contribution in [3.05, 3.63) is 86.6 Å². The molecule has 1 aliphatic heterocycles. The number of phenolic OH excluding ortho intramolecular Hbond substituents is 1. The summed E-state index contributed by atoms with van der Waals surface area (Å²) in [5, 5.41) is 11.6. The van der Waals surface area contributed by atoms with Gasteiger partial charge in [-0.05, 0) is 58.8 Å². The van der Waals surface area contributed by atoms with E-state index in [1.54, 1.807) is 25.3 Å². The highest BCUT2D eigenvalue weighted by Gasteiger charge is 2.28. The maximum absolute atomic E-state index is 14.0. The highest BCUT2D eigenvalue weighted by molar-refractivity contribution is 5.99. The fraction of sp³-hybridized carbons (Fsp3) is 0.281. The van der Waals surface area contributed by atoms with Crippen molar-refractivity contribution < 1.29 is 23.7 Å². The van der Waals surface area contributed by atoms with E-state index in [-0.39, 0.29) is 22.1 Å². The number of ether oxygens (including phenoxy) is 3. The summed E-state index contributed by atoms with van der Waals surface area (Å²) in [4.78, 5) is 14.0. The van der Waals surface area contributed by atoms with Gasteiger partial charge in [-0.2, -0.15) is 0 Å². The Hall–Kier alpha value is -4.19. The zero-order chi connectivity index (χ0) is 27.2. The molecule has 0 atom stereocenters. The van der Waals surface area contributed by atoms with E-state index in [4.69, 9.17) is 18.6 Å². The van der Waals surface area contributed by atoms with Crippen molar-refractivity contribution in [3.63, 3.8) is 0 Å². The number of rotatable bonds is 6. The summed E-state index contributed by atoms with van der Waals surface area (Å²) >= 11 is 0. The average molecular weight is 513 g/mol. The largest absolute Gasteiger partial charge is 0.506 e. The maximum atomic E-state index is 14.0. The smallest absolute Gasteiger partial charge is 0.204 e. The lowest BCUT2D eigenvalue weighted by atomic mass is 9.97. The number of benzene rings is 3. The van der Waals surface area contributed by atoms with Gasteiger partial charge in [0.2, 0.25) is 5.43 Å². The Morgan fingerprint density at radius 1 is 1.11 bits per heavy atom. The standard InChI is InChI=1S/C32H32O6/c1-18(2)10-11-22-27-24(16-26(31(22)35-6)36-17-20-9-7-8-19(3)14-20)37-25-15-23-21(12-13-32(4,5)38-23)29(33)28(25)30(27)34/h7-10,12-16,33H,11,17H2,1-6H3. The van der Waals surface area contributed by atoms with Crippen LogP contribution < -0.4 is 19.6 Å². The normalized spacial score (nSPS) is 13.7. The summed E-state index contributed by atoms with van der Waals surface area (Å²) in [6.07, 6.45) is 6.09. The number of phenols is 1. The lowest BCUT2D eigenvalue weighted by molar-refractivity contribution is 0.158. The Balaban J connectivity index is 1.76. The van der Waals surface area contributed by atoms with Crippen LogP contribution in [0.3, 0.4) is 0 Å². The summed E-state index contributed by atoms with van der Waals surface area (Å²) in [5.41, 5.74) is 4.07. The Kier molecular flexibility index (Phi) is 6.43. The van der Waals surface area contributed by atoms with Gasteiger partial charge in [0.25, 0.3) is 0 Å². The van der Waals surface area contributed by atoms with Gasteiger partial charge in [-0.15, -0.1) is 0 Å². The number of hydrogen-bond donors (Lipinski definition) is 1. The predicted octanol–water partition coefficient (Wildman–Crippen LogP) is 7.24. The van der Waals surface area contributed by atoms with Crippen LogP contribution in [0.2, 0.25) is 0 Å². The Morgan fingerprint density at radius 2 is 1.87 bits per heavy atom. The van der Waals surface area contributed by atoms with Gasteiger partial charge in [0, 0.05) is 17.7 Å².